The lowest BCUT2D eigenvalue weighted by Gasteiger charge is -2.28. The smallest absolute Gasteiger partial charge is 0.410 e. The van der Waals surface area contributed by atoms with Crippen molar-refractivity contribution in [1.82, 2.24) is 10.3 Å². The van der Waals surface area contributed by atoms with Gasteiger partial charge >= 0.3 is 6.09 Å². The van der Waals surface area contributed by atoms with E-state index in [1.807, 2.05) is 69.3 Å². The molecule has 214 valence electrons. The molecule has 0 radical (unpaired) electrons. The van der Waals surface area contributed by atoms with Crippen LogP contribution in [-0.2, 0) is 22.5 Å². The molecular weight excluding hydrogens is 506 g/mol. The summed E-state index contributed by atoms with van der Waals surface area (Å²) in [6, 6.07) is 22.2. The van der Waals surface area contributed by atoms with Crippen molar-refractivity contribution in [3.63, 3.8) is 0 Å². The number of para-hydroxylation sites is 1. The second-order valence-corrected chi connectivity index (χ2v) is 11.1. The van der Waals surface area contributed by atoms with Crippen molar-refractivity contribution in [2.75, 3.05) is 31.2 Å². The highest BCUT2D eigenvalue weighted by Crippen LogP contribution is 2.30. The van der Waals surface area contributed by atoms with Gasteiger partial charge in [-0.15, -0.1) is 0 Å². The summed E-state index contributed by atoms with van der Waals surface area (Å²) >= 11 is 0. The molecule has 1 aliphatic rings. The third-order valence-corrected chi connectivity index (χ3v) is 6.45. The van der Waals surface area contributed by atoms with Crippen molar-refractivity contribution in [2.24, 2.45) is 0 Å². The summed E-state index contributed by atoms with van der Waals surface area (Å²) in [5, 5.41) is 2.74. The molecule has 0 bridgehead atoms. The summed E-state index contributed by atoms with van der Waals surface area (Å²) in [7, 11) is 0. The van der Waals surface area contributed by atoms with Gasteiger partial charge in [0, 0.05) is 13.1 Å². The Bertz CT molecular complexity index is 1240. The summed E-state index contributed by atoms with van der Waals surface area (Å²) in [6.07, 6.45) is -0.213. The van der Waals surface area contributed by atoms with Gasteiger partial charge < -0.3 is 23.8 Å². The number of nitrogens with zero attached hydrogens (tertiary/aromatic N) is 2. The van der Waals surface area contributed by atoms with Crippen molar-refractivity contribution in [3.05, 3.63) is 83.6 Å². The number of rotatable bonds is 10. The highest BCUT2D eigenvalue weighted by Gasteiger charge is 2.20. The Morgan fingerprint density at radius 1 is 1.00 bits per heavy atom. The second-order valence-electron chi connectivity index (χ2n) is 11.1. The van der Waals surface area contributed by atoms with Crippen LogP contribution in [0.1, 0.15) is 57.4 Å². The minimum atomic E-state index is -0.568. The largest absolute Gasteiger partial charge is 0.487 e. The molecule has 8 nitrogen and oxygen atoms in total. The fourth-order valence-corrected chi connectivity index (χ4v) is 4.55. The molecule has 1 aliphatic heterocycles. The molecule has 4 rings (SSSR count). The number of pyridine rings is 1. The van der Waals surface area contributed by atoms with Crippen LogP contribution in [0.5, 0.6) is 11.5 Å². The number of ether oxygens (including phenoxy) is 4. The van der Waals surface area contributed by atoms with Crippen LogP contribution < -0.4 is 19.7 Å². The van der Waals surface area contributed by atoms with Crippen LogP contribution in [-0.4, -0.2) is 49.2 Å². The normalized spacial score (nSPS) is 15.2. The van der Waals surface area contributed by atoms with E-state index >= 15 is 0 Å². The standard InChI is InChI=1S/C32H41N3O5/c1-23(28-10-6-7-11-29(28)39-24(2)33-31(36)40-32(3,4)5)21-25-13-15-27(16-14-25)38-22-26-9-8-12-30(34-26)35-17-19-37-20-18-35/h6-16,23-24H,17-22H2,1-5H3,(H,33,36). The van der Waals surface area contributed by atoms with Crippen molar-refractivity contribution >= 4 is 11.9 Å². The zero-order valence-corrected chi connectivity index (χ0v) is 24.2. The number of alkyl carbamates (subject to hydrolysis) is 1. The SMILES string of the molecule is CC(NC(=O)OC(C)(C)C)Oc1ccccc1C(C)Cc1ccc(OCc2cccc(N3CCOCC3)n2)cc1. The Morgan fingerprint density at radius 2 is 1.73 bits per heavy atom. The highest BCUT2D eigenvalue weighted by atomic mass is 16.6. The summed E-state index contributed by atoms with van der Waals surface area (Å²) in [6.45, 7) is 13.0. The molecule has 1 amide bonds. The first-order chi connectivity index (χ1) is 19.2. The number of hydrogen-bond donors (Lipinski definition) is 1. The lowest BCUT2D eigenvalue weighted by atomic mass is 9.93. The molecule has 1 N–H and O–H groups in total. The number of morpholine rings is 1. The van der Waals surface area contributed by atoms with Crippen LogP contribution in [0.4, 0.5) is 10.6 Å². The minimum Gasteiger partial charge on any atom is -0.487 e. The average Bonchev–Trinajstić information content (AvgIpc) is 2.92. The predicted octanol–water partition coefficient (Wildman–Crippen LogP) is 6.09. The van der Waals surface area contributed by atoms with Crippen LogP contribution in [0.25, 0.3) is 0 Å². The Kier molecular flexibility index (Phi) is 9.88. The average molecular weight is 548 g/mol. The topological polar surface area (TPSA) is 82.2 Å². The predicted molar refractivity (Wildman–Crippen MR) is 156 cm³/mol. The number of aromatic nitrogens is 1. The van der Waals surface area contributed by atoms with Gasteiger partial charge in [0.15, 0.2) is 6.23 Å². The lowest BCUT2D eigenvalue weighted by molar-refractivity contribution is 0.0413. The van der Waals surface area contributed by atoms with Crippen LogP contribution in [0, 0.1) is 0 Å². The van der Waals surface area contributed by atoms with Crippen molar-refractivity contribution < 1.29 is 23.7 Å². The minimum absolute atomic E-state index is 0.198. The molecule has 2 aromatic carbocycles. The molecule has 0 spiro atoms. The number of hydrogen-bond acceptors (Lipinski definition) is 7. The Hall–Kier alpha value is -3.78. The second kappa shape index (κ2) is 13.5. The highest BCUT2D eigenvalue weighted by molar-refractivity contribution is 5.67. The maximum Gasteiger partial charge on any atom is 0.410 e. The van der Waals surface area contributed by atoms with Crippen LogP contribution in [0.3, 0.4) is 0 Å². The van der Waals surface area contributed by atoms with E-state index < -0.39 is 17.9 Å². The van der Waals surface area contributed by atoms with E-state index in [9.17, 15) is 4.79 Å². The van der Waals surface area contributed by atoms with Crippen LogP contribution in [0.15, 0.2) is 66.7 Å². The van der Waals surface area contributed by atoms with Gasteiger partial charge in [0.2, 0.25) is 0 Å². The number of carbonyl (C=O) groups is 1. The molecule has 1 aromatic heterocycles. The third-order valence-electron chi connectivity index (χ3n) is 6.45. The maximum absolute atomic E-state index is 12.1. The fraction of sp³-hybridized carbons (Fsp3) is 0.438. The van der Waals surface area contributed by atoms with Crippen molar-refractivity contribution in [3.8, 4) is 11.5 Å². The van der Waals surface area contributed by atoms with E-state index in [0.29, 0.717) is 6.61 Å². The van der Waals surface area contributed by atoms with Crippen LogP contribution >= 0.6 is 0 Å². The molecule has 8 heteroatoms. The monoisotopic (exact) mass is 547 g/mol. The molecule has 2 heterocycles. The van der Waals surface area contributed by atoms with Gasteiger partial charge in [0.1, 0.15) is 29.5 Å². The molecule has 0 saturated carbocycles. The molecule has 1 fully saturated rings. The first-order valence-corrected chi connectivity index (χ1v) is 13.9. The summed E-state index contributed by atoms with van der Waals surface area (Å²) < 4.78 is 22.9. The number of carbonyl (C=O) groups excluding carboxylic acids is 1. The maximum atomic E-state index is 12.1. The summed E-state index contributed by atoms with van der Waals surface area (Å²) in [5.41, 5.74) is 2.60. The Balaban J connectivity index is 1.31. The number of anilines is 1. The Labute approximate surface area is 237 Å². The number of benzene rings is 2. The molecule has 0 aliphatic carbocycles. The van der Waals surface area contributed by atoms with Gasteiger partial charge in [0.25, 0.3) is 0 Å². The zero-order valence-electron chi connectivity index (χ0n) is 24.2. The van der Waals surface area contributed by atoms with Crippen molar-refractivity contribution in [1.29, 1.82) is 0 Å². The van der Waals surface area contributed by atoms with E-state index in [0.717, 1.165) is 61.3 Å². The number of amides is 1. The Morgan fingerprint density at radius 3 is 2.45 bits per heavy atom. The molecule has 2 atom stereocenters. The van der Waals surface area contributed by atoms with Crippen molar-refractivity contribution in [2.45, 2.75) is 65.4 Å². The quantitative estimate of drug-likeness (QED) is 0.308. The molecule has 2 unspecified atom stereocenters. The van der Waals surface area contributed by atoms with Crippen LogP contribution in [0.2, 0.25) is 0 Å². The van der Waals surface area contributed by atoms with E-state index in [1.165, 1.54) is 5.56 Å². The van der Waals surface area contributed by atoms with E-state index in [2.05, 4.69) is 35.3 Å². The van der Waals surface area contributed by atoms with Gasteiger partial charge in [0.05, 0.1) is 18.9 Å². The lowest BCUT2D eigenvalue weighted by Crippen LogP contribution is -2.40. The fourth-order valence-electron chi connectivity index (χ4n) is 4.55. The molecule has 3 aromatic rings. The third kappa shape index (κ3) is 8.88. The number of nitrogens with one attached hydrogen (secondary N) is 1. The van der Waals surface area contributed by atoms with E-state index in [-0.39, 0.29) is 5.92 Å². The first-order valence-electron chi connectivity index (χ1n) is 13.9. The molecule has 1 saturated heterocycles. The van der Waals surface area contributed by atoms with Gasteiger partial charge in [-0.05, 0) is 81.5 Å². The first kappa shape index (κ1) is 29.2. The molecule has 40 heavy (non-hydrogen) atoms. The molecular formula is C32H41N3O5. The van der Waals surface area contributed by atoms with E-state index in [4.69, 9.17) is 23.9 Å². The van der Waals surface area contributed by atoms with E-state index in [1.54, 1.807) is 6.92 Å². The zero-order chi connectivity index (χ0) is 28.5. The summed E-state index contributed by atoms with van der Waals surface area (Å²) in [5.74, 6) is 2.71. The summed E-state index contributed by atoms with van der Waals surface area (Å²) in [4.78, 5) is 19.1. The van der Waals surface area contributed by atoms with Gasteiger partial charge in [-0.2, -0.15) is 0 Å². The van der Waals surface area contributed by atoms with Gasteiger partial charge in [-0.25, -0.2) is 9.78 Å². The van der Waals surface area contributed by atoms with Gasteiger partial charge in [-0.1, -0.05) is 43.3 Å². The van der Waals surface area contributed by atoms with Gasteiger partial charge in [-0.3, -0.25) is 5.32 Å².